The van der Waals surface area contributed by atoms with Gasteiger partial charge in [-0.15, -0.1) is 0 Å². The van der Waals surface area contributed by atoms with E-state index in [1.165, 1.54) is 65.7 Å². The number of anilines is 3. The van der Waals surface area contributed by atoms with E-state index in [0.29, 0.717) is 0 Å². The molecule has 9 aromatic carbocycles. The lowest BCUT2D eigenvalue weighted by molar-refractivity contribution is 1.28. The number of benzene rings is 9. The van der Waals surface area contributed by atoms with E-state index in [-0.39, 0.29) is 0 Å². The first kappa shape index (κ1) is 28.8. The Bertz CT molecular complexity index is 2570. The maximum absolute atomic E-state index is 2.33. The Morgan fingerprint density at radius 3 is 1.51 bits per heavy atom. The van der Waals surface area contributed by atoms with Gasteiger partial charge in [0, 0.05) is 17.1 Å². The Labute approximate surface area is 287 Å². The van der Waals surface area contributed by atoms with Gasteiger partial charge in [-0.25, -0.2) is 0 Å². The maximum atomic E-state index is 2.33. The van der Waals surface area contributed by atoms with Crippen LogP contribution in [0.25, 0.3) is 65.7 Å². The minimum atomic E-state index is 1.12. The molecule has 0 aromatic heterocycles. The van der Waals surface area contributed by atoms with Crippen LogP contribution in [0.3, 0.4) is 0 Å². The summed E-state index contributed by atoms with van der Waals surface area (Å²) < 4.78 is 0. The first-order valence-corrected chi connectivity index (χ1v) is 16.8. The van der Waals surface area contributed by atoms with E-state index in [0.717, 1.165) is 17.1 Å². The van der Waals surface area contributed by atoms with Crippen LogP contribution in [0.5, 0.6) is 0 Å². The number of rotatable bonds is 6. The van der Waals surface area contributed by atoms with Crippen LogP contribution < -0.4 is 4.90 Å². The Hall–Kier alpha value is -6.44. The summed E-state index contributed by atoms with van der Waals surface area (Å²) in [6.07, 6.45) is 0. The number of hydrogen-bond donors (Lipinski definition) is 0. The lowest BCUT2D eigenvalue weighted by atomic mass is 9.91. The van der Waals surface area contributed by atoms with Crippen LogP contribution in [0.4, 0.5) is 17.1 Å². The molecule has 0 unspecified atom stereocenters. The molecular weight excluding hydrogens is 591 g/mol. The van der Waals surface area contributed by atoms with Crippen molar-refractivity contribution in [1.29, 1.82) is 0 Å². The summed E-state index contributed by atoms with van der Waals surface area (Å²) in [5.41, 5.74) is 10.7. The highest BCUT2D eigenvalue weighted by Crippen LogP contribution is 2.40. The first-order chi connectivity index (χ1) is 24.3. The fourth-order valence-corrected chi connectivity index (χ4v) is 7.24. The zero-order valence-electron chi connectivity index (χ0n) is 27.0. The summed E-state index contributed by atoms with van der Waals surface area (Å²) in [7, 11) is 0. The number of hydrogen-bond acceptors (Lipinski definition) is 1. The smallest absolute Gasteiger partial charge is 0.0462 e. The largest absolute Gasteiger partial charge is 0.311 e. The number of fused-ring (bicyclic) bond motifs is 5. The van der Waals surface area contributed by atoms with E-state index in [1.807, 2.05) is 0 Å². The van der Waals surface area contributed by atoms with E-state index in [9.17, 15) is 0 Å². The highest BCUT2D eigenvalue weighted by atomic mass is 15.1. The minimum Gasteiger partial charge on any atom is -0.311 e. The Morgan fingerprint density at radius 1 is 0.265 bits per heavy atom. The van der Waals surface area contributed by atoms with E-state index in [1.54, 1.807) is 0 Å². The second kappa shape index (κ2) is 12.3. The van der Waals surface area contributed by atoms with Gasteiger partial charge in [0.2, 0.25) is 0 Å². The Morgan fingerprint density at radius 2 is 0.776 bits per heavy atom. The molecule has 0 radical (unpaired) electrons. The number of para-hydroxylation sites is 1. The maximum Gasteiger partial charge on any atom is 0.0462 e. The predicted molar refractivity (Wildman–Crippen MR) is 210 cm³/mol. The summed E-state index contributed by atoms with van der Waals surface area (Å²) in [5.74, 6) is 0. The van der Waals surface area contributed by atoms with Gasteiger partial charge in [0.1, 0.15) is 0 Å². The van der Waals surface area contributed by atoms with Crippen LogP contribution in [0.1, 0.15) is 0 Å². The molecule has 0 aliphatic heterocycles. The molecule has 0 saturated carbocycles. The monoisotopic (exact) mass is 623 g/mol. The minimum absolute atomic E-state index is 1.12. The van der Waals surface area contributed by atoms with Crippen LogP contribution in [0, 0.1) is 0 Å². The third-order valence-corrected chi connectivity index (χ3v) is 9.65. The fourth-order valence-electron chi connectivity index (χ4n) is 7.24. The third kappa shape index (κ3) is 5.32. The SMILES string of the molecule is c1ccc(-c2cccc(-c3ccc(N(c4ccccc4)c4ccc(-c5cccc6ccc7c8ccccc8ccc7c56)cc4)cc3)c2)cc1. The van der Waals surface area contributed by atoms with Gasteiger partial charge in [-0.05, 0) is 108 Å². The highest BCUT2D eigenvalue weighted by molar-refractivity contribution is 6.20. The van der Waals surface area contributed by atoms with Gasteiger partial charge in [0.05, 0.1) is 0 Å². The zero-order valence-corrected chi connectivity index (χ0v) is 27.0. The molecule has 0 saturated heterocycles. The molecule has 0 aliphatic carbocycles. The van der Waals surface area contributed by atoms with Gasteiger partial charge in [0.25, 0.3) is 0 Å². The molecule has 0 aliphatic rings. The van der Waals surface area contributed by atoms with Gasteiger partial charge in [0.15, 0.2) is 0 Å². The predicted octanol–water partition coefficient (Wildman–Crippen LogP) is 13.6. The molecule has 9 rings (SSSR count). The summed E-state index contributed by atoms with van der Waals surface area (Å²) in [5, 5.41) is 7.69. The molecule has 1 nitrogen and oxygen atoms in total. The zero-order chi connectivity index (χ0) is 32.6. The van der Waals surface area contributed by atoms with Crippen molar-refractivity contribution in [2.24, 2.45) is 0 Å². The van der Waals surface area contributed by atoms with Crippen LogP contribution in [-0.4, -0.2) is 0 Å². The summed E-state index contributed by atoms with van der Waals surface area (Å²) in [6.45, 7) is 0. The molecule has 0 fully saturated rings. The van der Waals surface area contributed by atoms with Crippen LogP contribution in [0.15, 0.2) is 200 Å². The van der Waals surface area contributed by atoms with Crippen molar-refractivity contribution < 1.29 is 0 Å². The van der Waals surface area contributed by atoms with Crippen molar-refractivity contribution in [3.63, 3.8) is 0 Å². The lowest BCUT2D eigenvalue weighted by Crippen LogP contribution is -2.09. The lowest BCUT2D eigenvalue weighted by Gasteiger charge is -2.26. The van der Waals surface area contributed by atoms with Crippen LogP contribution in [0.2, 0.25) is 0 Å². The average molecular weight is 624 g/mol. The van der Waals surface area contributed by atoms with Crippen molar-refractivity contribution in [2.45, 2.75) is 0 Å². The average Bonchev–Trinajstić information content (AvgIpc) is 3.19. The van der Waals surface area contributed by atoms with Crippen LogP contribution in [-0.2, 0) is 0 Å². The quantitative estimate of drug-likeness (QED) is 0.167. The van der Waals surface area contributed by atoms with E-state index < -0.39 is 0 Å². The van der Waals surface area contributed by atoms with Gasteiger partial charge < -0.3 is 4.90 Å². The normalized spacial score (nSPS) is 11.3. The third-order valence-electron chi connectivity index (χ3n) is 9.65. The molecule has 49 heavy (non-hydrogen) atoms. The van der Waals surface area contributed by atoms with Gasteiger partial charge in [-0.3, -0.25) is 0 Å². The topological polar surface area (TPSA) is 3.24 Å². The van der Waals surface area contributed by atoms with Crippen molar-refractivity contribution in [1.82, 2.24) is 0 Å². The summed E-state index contributed by atoms with van der Waals surface area (Å²) in [6, 6.07) is 72.3. The van der Waals surface area contributed by atoms with Crippen LogP contribution >= 0.6 is 0 Å². The molecule has 0 amide bonds. The van der Waals surface area contributed by atoms with Gasteiger partial charge >= 0.3 is 0 Å². The second-order valence-corrected chi connectivity index (χ2v) is 12.6. The molecular formula is C48H33N. The Kier molecular flexibility index (Phi) is 7.22. The molecule has 1 heteroatoms. The van der Waals surface area contributed by atoms with Crippen molar-refractivity contribution in [3.05, 3.63) is 200 Å². The van der Waals surface area contributed by atoms with Crippen molar-refractivity contribution in [2.75, 3.05) is 4.90 Å². The first-order valence-electron chi connectivity index (χ1n) is 16.8. The molecule has 9 aromatic rings. The number of nitrogens with zero attached hydrogens (tertiary/aromatic N) is 1. The van der Waals surface area contributed by atoms with Crippen molar-refractivity contribution >= 4 is 49.4 Å². The summed E-state index contributed by atoms with van der Waals surface area (Å²) in [4.78, 5) is 2.33. The second-order valence-electron chi connectivity index (χ2n) is 12.6. The molecule has 0 heterocycles. The van der Waals surface area contributed by atoms with E-state index in [4.69, 9.17) is 0 Å². The molecule has 0 bridgehead atoms. The molecule has 0 atom stereocenters. The molecule has 230 valence electrons. The molecule has 0 spiro atoms. The van der Waals surface area contributed by atoms with E-state index in [2.05, 4.69) is 205 Å². The van der Waals surface area contributed by atoms with Gasteiger partial charge in [-0.1, -0.05) is 158 Å². The standard InChI is InChI=1S/C48H33N/c1-3-11-34(12-4-1)39-15-9-16-40(33-39)35-21-27-42(28-22-35)49(41-17-5-2-6-18-41)43-29-23-37(24-30-43)45-20-10-14-38-26-31-46-44-19-8-7-13-36(44)25-32-47(46)48(38)45/h1-33H. The van der Waals surface area contributed by atoms with Crippen molar-refractivity contribution in [3.8, 4) is 33.4 Å². The van der Waals surface area contributed by atoms with E-state index >= 15 is 0 Å². The summed E-state index contributed by atoms with van der Waals surface area (Å²) >= 11 is 0. The highest BCUT2D eigenvalue weighted by Gasteiger charge is 2.15. The van der Waals surface area contributed by atoms with Gasteiger partial charge in [-0.2, -0.15) is 0 Å². The Balaban J connectivity index is 1.10. The fraction of sp³-hybridized carbons (Fsp3) is 0. The molecule has 0 N–H and O–H groups in total.